The first-order valence-electron chi connectivity index (χ1n) is 17.2. The van der Waals surface area contributed by atoms with Crippen molar-refractivity contribution in [2.75, 3.05) is 26.2 Å². The smallest absolute Gasteiger partial charge is 0.0949 e. The van der Waals surface area contributed by atoms with Gasteiger partial charge in [-0.3, -0.25) is 0 Å². The monoisotopic (exact) mass is 509 g/mol. The van der Waals surface area contributed by atoms with Gasteiger partial charge in [0.1, 0.15) is 0 Å². The second-order valence-electron chi connectivity index (χ2n) is 11.7. The van der Waals surface area contributed by atoms with Crippen molar-refractivity contribution in [2.24, 2.45) is 0 Å². The van der Waals surface area contributed by atoms with Crippen molar-refractivity contribution in [3.8, 4) is 0 Å². The van der Waals surface area contributed by atoms with Crippen LogP contribution in [0.1, 0.15) is 194 Å². The minimum absolute atomic E-state index is 0.0667. The summed E-state index contributed by atoms with van der Waals surface area (Å²) in [7, 11) is 0. The number of hydrogen-bond acceptors (Lipinski definition) is 1. The summed E-state index contributed by atoms with van der Waals surface area (Å²) in [4.78, 5) is 2.45. The Labute approximate surface area is 229 Å². The zero-order chi connectivity index (χ0) is 26.2. The van der Waals surface area contributed by atoms with Gasteiger partial charge >= 0.3 is 0 Å². The minimum atomic E-state index is 0.0667. The SMILES string of the molecule is CCCCCCCCCCCCCCCCN(CC[O])CCCCCCCCCCCCCCCC. The molecule has 0 heterocycles. The molecular formula is C34H70NO. The fraction of sp³-hybridized carbons (Fsp3) is 1.00. The third kappa shape index (κ3) is 30.1. The van der Waals surface area contributed by atoms with Crippen LogP contribution < -0.4 is 0 Å². The van der Waals surface area contributed by atoms with Gasteiger partial charge in [0.25, 0.3) is 0 Å². The fourth-order valence-electron chi connectivity index (χ4n) is 5.52. The number of unbranched alkanes of at least 4 members (excludes halogenated alkanes) is 26. The van der Waals surface area contributed by atoms with Crippen LogP contribution in [-0.4, -0.2) is 31.1 Å². The van der Waals surface area contributed by atoms with Crippen molar-refractivity contribution in [3.05, 3.63) is 0 Å². The van der Waals surface area contributed by atoms with Gasteiger partial charge in [0.15, 0.2) is 0 Å². The van der Waals surface area contributed by atoms with E-state index in [2.05, 4.69) is 18.7 Å². The molecule has 0 saturated carbocycles. The average molecular weight is 509 g/mol. The largest absolute Gasteiger partial charge is 0.301 e. The van der Waals surface area contributed by atoms with Crippen molar-refractivity contribution < 1.29 is 5.11 Å². The Kier molecular flexibility index (Phi) is 32.9. The van der Waals surface area contributed by atoms with Crippen LogP contribution in [0.5, 0.6) is 0 Å². The molecule has 0 fully saturated rings. The van der Waals surface area contributed by atoms with Gasteiger partial charge in [-0.05, 0) is 25.9 Å². The van der Waals surface area contributed by atoms with E-state index in [4.69, 9.17) is 0 Å². The van der Waals surface area contributed by atoms with Gasteiger partial charge in [0.05, 0.1) is 6.61 Å². The van der Waals surface area contributed by atoms with Crippen LogP contribution in [0.2, 0.25) is 0 Å². The van der Waals surface area contributed by atoms with Crippen molar-refractivity contribution in [1.29, 1.82) is 0 Å². The third-order valence-electron chi connectivity index (χ3n) is 8.06. The molecule has 0 unspecified atom stereocenters. The predicted molar refractivity (Wildman–Crippen MR) is 163 cm³/mol. The van der Waals surface area contributed by atoms with Crippen molar-refractivity contribution >= 4 is 0 Å². The van der Waals surface area contributed by atoms with Gasteiger partial charge in [0, 0.05) is 6.54 Å². The second-order valence-corrected chi connectivity index (χ2v) is 11.7. The summed E-state index contributed by atoms with van der Waals surface area (Å²) in [6.45, 7) is 7.72. The highest BCUT2D eigenvalue weighted by Crippen LogP contribution is 2.15. The van der Waals surface area contributed by atoms with Gasteiger partial charge in [-0.2, -0.15) is 0 Å². The molecule has 0 saturated heterocycles. The zero-order valence-electron chi connectivity index (χ0n) is 25.5. The zero-order valence-corrected chi connectivity index (χ0v) is 25.5. The minimum Gasteiger partial charge on any atom is -0.301 e. The lowest BCUT2D eigenvalue weighted by atomic mass is 10.0. The summed E-state index contributed by atoms with van der Waals surface area (Å²) in [6, 6.07) is 0. The molecule has 0 spiro atoms. The van der Waals surface area contributed by atoms with Crippen LogP contribution in [0.15, 0.2) is 0 Å². The summed E-state index contributed by atoms with van der Waals surface area (Å²) < 4.78 is 0. The highest BCUT2D eigenvalue weighted by molar-refractivity contribution is 4.59. The van der Waals surface area contributed by atoms with E-state index in [0.29, 0.717) is 0 Å². The molecule has 0 aliphatic heterocycles. The summed E-state index contributed by atoms with van der Waals surface area (Å²) in [6.07, 6.45) is 39.6. The lowest BCUT2D eigenvalue weighted by Crippen LogP contribution is -2.28. The summed E-state index contributed by atoms with van der Waals surface area (Å²) in [5, 5.41) is 11.2. The Hall–Kier alpha value is -0.0800. The fourth-order valence-corrected chi connectivity index (χ4v) is 5.52. The first kappa shape index (κ1) is 35.9. The summed E-state index contributed by atoms with van der Waals surface area (Å²) >= 11 is 0. The summed E-state index contributed by atoms with van der Waals surface area (Å²) in [5.41, 5.74) is 0. The van der Waals surface area contributed by atoms with Gasteiger partial charge in [0.2, 0.25) is 0 Å². The van der Waals surface area contributed by atoms with E-state index in [0.717, 1.165) is 19.6 Å². The first-order chi connectivity index (χ1) is 17.8. The Morgan fingerprint density at radius 1 is 0.306 bits per heavy atom. The molecule has 0 aromatic carbocycles. The van der Waals surface area contributed by atoms with E-state index in [1.807, 2.05) is 0 Å². The van der Waals surface area contributed by atoms with Crippen LogP contribution in [0.3, 0.4) is 0 Å². The molecule has 0 aliphatic rings. The number of hydrogen-bond donors (Lipinski definition) is 0. The Morgan fingerprint density at radius 2 is 0.528 bits per heavy atom. The lowest BCUT2D eigenvalue weighted by molar-refractivity contribution is 0.137. The molecule has 0 aliphatic carbocycles. The van der Waals surface area contributed by atoms with Crippen LogP contribution in [0.25, 0.3) is 0 Å². The molecule has 217 valence electrons. The average Bonchev–Trinajstić information content (AvgIpc) is 2.89. The van der Waals surface area contributed by atoms with Gasteiger partial charge in [-0.25, -0.2) is 5.11 Å². The third-order valence-corrected chi connectivity index (χ3v) is 8.06. The molecule has 0 bridgehead atoms. The van der Waals surface area contributed by atoms with Crippen LogP contribution >= 0.6 is 0 Å². The van der Waals surface area contributed by atoms with Crippen molar-refractivity contribution in [3.63, 3.8) is 0 Å². The first-order valence-corrected chi connectivity index (χ1v) is 17.2. The maximum Gasteiger partial charge on any atom is 0.0949 e. The molecular weight excluding hydrogens is 438 g/mol. The van der Waals surface area contributed by atoms with Crippen molar-refractivity contribution in [1.82, 2.24) is 4.90 Å². The number of rotatable bonds is 32. The second kappa shape index (κ2) is 32.9. The van der Waals surface area contributed by atoms with E-state index >= 15 is 0 Å². The molecule has 0 N–H and O–H groups in total. The van der Waals surface area contributed by atoms with E-state index in [1.54, 1.807) is 0 Å². The molecule has 36 heavy (non-hydrogen) atoms. The quantitative estimate of drug-likeness (QED) is 0.0828. The maximum absolute atomic E-state index is 11.2. The van der Waals surface area contributed by atoms with Gasteiger partial charge in [-0.1, -0.05) is 181 Å². The van der Waals surface area contributed by atoms with Crippen LogP contribution in [-0.2, 0) is 5.11 Å². The highest BCUT2D eigenvalue weighted by atomic mass is 16.3. The molecule has 2 nitrogen and oxygen atoms in total. The van der Waals surface area contributed by atoms with Gasteiger partial charge in [-0.15, -0.1) is 0 Å². The molecule has 0 amide bonds. The normalized spacial score (nSPS) is 11.7. The van der Waals surface area contributed by atoms with Crippen LogP contribution in [0, 0.1) is 0 Å². The van der Waals surface area contributed by atoms with E-state index in [9.17, 15) is 5.11 Å². The van der Waals surface area contributed by atoms with Crippen molar-refractivity contribution in [2.45, 2.75) is 194 Å². The highest BCUT2D eigenvalue weighted by Gasteiger charge is 2.04. The summed E-state index contributed by atoms with van der Waals surface area (Å²) in [5.74, 6) is 0. The molecule has 2 heteroatoms. The van der Waals surface area contributed by atoms with E-state index in [1.165, 1.54) is 180 Å². The topological polar surface area (TPSA) is 23.1 Å². The van der Waals surface area contributed by atoms with E-state index < -0.39 is 0 Å². The Bertz CT molecular complexity index is 340. The molecule has 0 rings (SSSR count). The maximum atomic E-state index is 11.2. The van der Waals surface area contributed by atoms with Gasteiger partial charge < -0.3 is 4.90 Å². The molecule has 0 aromatic rings. The molecule has 1 radical (unpaired) electrons. The predicted octanol–water partition coefficient (Wildman–Crippen LogP) is 11.7. The standard InChI is InChI=1S/C34H70NO/c1-3-5-7-9-11-13-15-17-19-21-23-25-27-29-31-35(33-34-36)32-30-28-26-24-22-20-18-16-14-12-10-8-6-4-2/h3-34H2,1-2H3. The Morgan fingerprint density at radius 3 is 0.750 bits per heavy atom. The van der Waals surface area contributed by atoms with Crippen LogP contribution in [0.4, 0.5) is 0 Å². The lowest BCUT2D eigenvalue weighted by Gasteiger charge is -2.20. The van der Waals surface area contributed by atoms with E-state index in [-0.39, 0.29) is 6.61 Å². The Balaban J connectivity index is 3.37. The molecule has 0 atom stereocenters. The number of nitrogens with zero attached hydrogens (tertiary/aromatic N) is 1. The molecule has 0 aromatic heterocycles.